The zero-order valence-electron chi connectivity index (χ0n) is 8.40. The molecule has 1 aromatic rings. The Morgan fingerprint density at radius 2 is 2.38 bits per heavy atom. The topological polar surface area (TPSA) is 87.1 Å². The Hall–Kier alpha value is -1.40. The highest BCUT2D eigenvalue weighted by molar-refractivity contribution is 6.29. The van der Waals surface area contributed by atoms with Crippen LogP contribution in [0.5, 0.6) is 0 Å². The minimum atomic E-state index is -1.07. The van der Waals surface area contributed by atoms with Gasteiger partial charge in [0.2, 0.25) is 0 Å². The SMILES string of the molecule is O=C(O)N[C@]1(c2ccc(Cl)nn2)CCNC1. The molecular weight excluding hydrogens is 232 g/mol. The van der Waals surface area contributed by atoms with Gasteiger partial charge in [-0.1, -0.05) is 11.6 Å². The van der Waals surface area contributed by atoms with Gasteiger partial charge in [-0.3, -0.25) is 0 Å². The number of aromatic nitrogens is 2. The molecule has 0 unspecified atom stereocenters. The van der Waals surface area contributed by atoms with E-state index >= 15 is 0 Å². The van der Waals surface area contributed by atoms with Gasteiger partial charge in [-0.25, -0.2) is 4.79 Å². The normalized spacial score (nSPS) is 24.3. The van der Waals surface area contributed by atoms with E-state index in [9.17, 15) is 4.79 Å². The molecule has 1 aliphatic heterocycles. The maximum absolute atomic E-state index is 10.8. The van der Waals surface area contributed by atoms with Crippen LogP contribution in [-0.2, 0) is 5.54 Å². The molecule has 1 fully saturated rings. The molecular formula is C9H11ClN4O2. The number of rotatable bonds is 2. The van der Waals surface area contributed by atoms with Crippen molar-refractivity contribution >= 4 is 17.7 Å². The molecule has 0 aromatic carbocycles. The van der Waals surface area contributed by atoms with Crippen LogP contribution in [0.2, 0.25) is 5.15 Å². The third-order valence-electron chi connectivity index (χ3n) is 2.62. The molecule has 0 spiro atoms. The molecule has 16 heavy (non-hydrogen) atoms. The molecule has 0 aliphatic carbocycles. The Morgan fingerprint density at radius 1 is 1.56 bits per heavy atom. The van der Waals surface area contributed by atoms with Crippen LogP contribution in [0.25, 0.3) is 0 Å². The first-order valence-electron chi connectivity index (χ1n) is 4.84. The van der Waals surface area contributed by atoms with Gasteiger partial charge in [0.05, 0.1) is 5.69 Å². The van der Waals surface area contributed by atoms with E-state index in [0.717, 1.165) is 6.54 Å². The van der Waals surface area contributed by atoms with Crippen LogP contribution in [-0.4, -0.2) is 34.5 Å². The molecule has 7 heteroatoms. The summed E-state index contributed by atoms with van der Waals surface area (Å²) in [6.07, 6.45) is -0.421. The number of carboxylic acid groups (broad SMARTS) is 1. The van der Waals surface area contributed by atoms with E-state index in [1.165, 1.54) is 0 Å². The number of hydrogen-bond donors (Lipinski definition) is 3. The second-order valence-electron chi connectivity index (χ2n) is 3.68. The second-order valence-corrected chi connectivity index (χ2v) is 4.07. The standard InChI is InChI=1S/C9H11ClN4O2/c10-7-2-1-6(13-14-7)9(12-8(15)16)3-4-11-5-9/h1-2,11-12H,3-5H2,(H,15,16)/t9-/m1/s1. The van der Waals surface area contributed by atoms with Crippen molar-refractivity contribution in [2.75, 3.05) is 13.1 Å². The number of carbonyl (C=O) groups is 1. The first-order valence-corrected chi connectivity index (χ1v) is 5.22. The number of hydrogen-bond acceptors (Lipinski definition) is 4. The quantitative estimate of drug-likeness (QED) is 0.707. The number of amides is 1. The lowest BCUT2D eigenvalue weighted by Crippen LogP contribution is -2.47. The van der Waals surface area contributed by atoms with Crippen molar-refractivity contribution < 1.29 is 9.90 Å². The molecule has 2 rings (SSSR count). The lowest BCUT2D eigenvalue weighted by molar-refractivity contribution is 0.178. The molecule has 0 bridgehead atoms. The number of nitrogens with one attached hydrogen (secondary N) is 2. The molecule has 1 aromatic heterocycles. The van der Waals surface area contributed by atoms with Crippen molar-refractivity contribution in [2.45, 2.75) is 12.0 Å². The van der Waals surface area contributed by atoms with Gasteiger partial charge in [-0.2, -0.15) is 5.10 Å². The Labute approximate surface area is 97.0 Å². The average Bonchev–Trinajstić information content (AvgIpc) is 2.67. The predicted molar refractivity (Wildman–Crippen MR) is 57.4 cm³/mol. The van der Waals surface area contributed by atoms with E-state index in [0.29, 0.717) is 23.8 Å². The van der Waals surface area contributed by atoms with Crippen molar-refractivity contribution in [2.24, 2.45) is 0 Å². The Morgan fingerprint density at radius 3 is 2.88 bits per heavy atom. The van der Waals surface area contributed by atoms with Gasteiger partial charge in [0, 0.05) is 6.54 Å². The molecule has 3 N–H and O–H groups in total. The summed E-state index contributed by atoms with van der Waals surface area (Å²) in [6.45, 7) is 1.25. The molecule has 1 amide bonds. The fourth-order valence-corrected chi connectivity index (χ4v) is 1.96. The van der Waals surface area contributed by atoms with Gasteiger partial charge in [0.15, 0.2) is 5.15 Å². The number of halogens is 1. The Bertz CT molecular complexity index is 389. The van der Waals surface area contributed by atoms with E-state index in [2.05, 4.69) is 20.8 Å². The summed E-state index contributed by atoms with van der Waals surface area (Å²) in [6, 6.07) is 3.30. The third-order valence-corrected chi connectivity index (χ3v) is 2.83. The monoisotopic (exact) mass is 242 g/mol. The van der Waals surface area contributed by atoms with Crippen LogP contribution < -0.4 is 10.6 Å². The molecule has 6 nitrogen and oxygen atoms in total. The minimum absolute atomic E-state index is 0.292. The van der Waals surface area contributed by atoms with Crippen molar-refractivity contribution in [3.8, 4) is 0 Å². The smallest absolute Gasteiger partial charge is 0.405 e. The van der Waals surface area contributed by atoms with Gasteiger partial charge in [-0.15, -0.1) is 5.10 Å². The second kappa shape index (κ2) is 4.23. The highest BCUT2D eigenvalue weighted by Crippen LogP contribution is 2.26. The van der Waals surface area contributed by atoms with Crippen LogP contribution in [0.4, 0.5) is 4.79 Å². The molecule has 86 valence electrons. The first-order chi connectivity index (χ1) is 7.62. The van der Waals surface area contributed by atoms with Gasteiger partial charge in [0.25, 0.3) is 0 Å². The van der Waals surface area contributed by atoms with Crippen LogP contribution in [0, 0.1) is 0 Å². The summed E-state index contributed by atoms with van der Waals surface area (Å²) in [5.74, 6) is 0. The van der Waals surface area contributed by atoms with Crippen molar-refractivity contribution in [3.63, 3.8) is 0 Å². The van der Waals surface area contributed by atoms with Crippen LogP contribution in [0.3, 0.4) is 0 Å². The largest absolute Gasteiger partial charge is 0.465 e. The molecule has 1 atom stereocenters. The van der Waals surface area contributed by atoms with Crippen molar-refractivity contribution in [3.05, 3.63) is 23.0 Å². The van der Waals surface area contributed by atoms with Gasteiger partial charge in [-0.05, 0) is 25.1 Å². The number of nitrogens with zero attached hydrogens (tertiary/aromatic N) is 2. The van der Waals surface area contributed by atoms with E-state index in [-0.39, 0.29) is 0 Å². The summed E-state index contributed by atoms with van der Waals surface area (Å²) in [5.41, 5.74) is -0.104. The van der Waals surface area contributed by atoms with E-state index in [1.54, 1.807) is 12.1 Å². The summed E-state index contributed by atoms with van der Waals surface area (Å²) in [4.78, 5) is 10.8. The van der Waals surface area contributed by atoms with Crippen LogP contribution in [0.15, 0.2) is 12.1 Å². The lowest BCUT2D eigenvalue weighted by Gasteiger charge is -2.26. The van der Waals surface area contributed by atoms with E-state index < -0.39 is 11.6 Å². The van der Waals surface area contributed by atoms with Gasteiger partial charge in [0.1, 0.15) is 5.54 Å². The van der Waals surface area contributed by atoms with E-state index in [1.807, 2.05) is 0 Å². The van der Waals surface area contributed by atoms with Gasteiger partial charge >= 0.3 is 6.09 Å². The highest BCUT2D eigenvalue weighted by Gasteiger charge is 2.38. The third kappa shape index (κ3) is 2.07. The van der Waals surface area contributed by atoms with Crippen molar-refractivity contribution in [1.29, 1.82) is 0 Å². The predicted octanol–water partition coefficient (Wildman–Crippen LogP) is 0.586. The Kier molecular flexibility index (Phi) is 2.93. The average molecular weight is 243 g/mol. The zero-order chi connectivity index (χ0) is 11.6. The lowest BCUT2D eigenvalue weighted by atomic mass is 9.94. The molecule has 0 radical (unpaired) electrons. The molecule has 1 saturated heterocycles. The van der Waals surface area contributed by atoms with Crippen LogP contribution >= 0.6 is 11.6 Å². The fourth-order valence-electron chi connectivity index (χ4n) is 1.86. The summed E-state index contributed by atoms with van der Waals surface area (Å²) >= 11 is 5.64. The zero-order valence-corrected chi connectivity index (χ0v) is 9.16. The molecule has 1 aliphatic rings. The summed E-state index contributed by atoms with van der Waals surface area (Å²) in [5, 5.41) is 22.4. The Balaban J connectivity index is 2.31. The van der Waals surface area contributed by atoms with E-state index in [4.69, 9.17) is 16.7 Å². The molecule has 2 heterocycles. The van der Waals surface area contributed by atoms with Crippen LogP contribution in [0.1, 0.15) is 12.1 Å². The highest BCUT2D eigenvalue weighted by atomic mass is 35.5. The summed E-state index contributed by atoms with van der Waals surface area (Å²) < 4.78 is 0. The summed E-state index contributed by atoms with van der Waals surface area (Å²) in [7, 11) is 0. The first kappa shape index (κ1) is 11.1. The molecule has 0 saturated carbocycles. The minimum Gasteiger partial charge on any atom is -0.465 e. The van der Waals surface area contributed by atoms with Crippen molar-refractivity contribution in [1.82, 2.24) is 20.8 Å². The fraction of sp³-hybridized carbons (Fsp3) is 0.444. The maximum Gasteiger partial charge on any atom is 0.405 e. The van der Waals surface area contributed by atoms with Gasteiger partial charge < -0.3 is 15.7 Å². The maximum atomic E-state index is 10.8.